The van der Waals surface area contributed by atoms with Crippen molar-refractivity contribution in [1.82, 2.24) is 0 Å². The van der Waals surface area contributed by atoms with Crippen LogP contribution < -0.4 is 4.74 Å². The quantitative estimate of drug-likeness (QED) is 0.485. The molecule has 20 heavy (non-hydrogen) atoms. The predicted octanol–water partition coefficient (Wildman–Crippen LogP) is 3.23. The van der Waals surface area contributed by atoms with Gasteiger partial charge in [0.15, 0.2) is 5.75 Å². The van der Waals surface area contributed by atoms with Crippen molar-refractivity contribution in [2.24, 2.45) is 4.99 Å². The zero-order valence-electron chi connectivity index (χ0n) is 10.7. The molecule has 0 aliphatic heterocycles. The van der Waals surface area contributed by atoms with Gasteiger partial charge in [0.25, 0.3) is 0 Å². The summed E-state index contributed by atoms with van der Waals surface area (Å²) in [7, 11) is 1.32. The highest BCUT2D eigenvalue weighted by Crippen LogP contribution is 2.31. The average Bonchev–Trinajstić information content (AvgIpc) is 2.49. The summed E-state index contributed by atoms with van der Waals surface area (Å²) >= 11 is 0. The second-order valence-corrected chi connectivity index (χ2v) is 3.79. The number of methoxy groups -OCH3 is 1. The molecule has 0 heterocycles. The van der Waals surface area contributed by atoms with E-state index in [0.29, 0.717) is 22.7 Å². The Morgan fingerprint density at radius 1 is 1.10 bits per heavy atom. The fraction of sp³-hybridized carbons (Fsp3) is 0.0667. The van der Waals surface area contributed by atoms with Gasteiger partial charge < -0.3 is 9.47 Å². The van der Waals surface area contributed by atoms with Crippen LogP contribution in [-0.4, -0.2) is 19.2 Å². The molecule has 0 aliphatic rings. The van der Waals surface area contributed by atoms with Crippen LogP contribution in [-0.2, 0) is 9.53 Å². The molecule has 0 saturated carbocycles. The highest BCUT2D eigenvalue weighted by Gasteiger charge is 2.07. The van der Waals surface area contributed by atoms with Crippen molar-refractivity contribution in [2.45, 2.75) is 0 Å². The molecule has 5 heteroatoms. The van der Waals surface area contributed by atoms with Crippen LogP contribution >= 0.6 is 0 Å². The van der Waals surface area contributed by atoms with Crippen molar-refractivity contribution in [3.8, 4) is 11.5 Å². The van der Waals surface area contributed by atoms with Gasteiger partial charge in [-0.25, -0.2) is 9.59 Å². The number of hydrogen-bond acceptors (Lipinski definition) is 5. The number of para-hydroxylation sites is 2. The van der Waals surface area contributed by atoms with E-state index >= 15 is 0 Å². The second kappa shape index (κ2) is 6.31. The molecule has 0 atom stereocenters. The number of carbonyl (C=O) groups is 1. The van der Waals surface area contributed by atoms with Crippen molar-refractivity contribution < 1.29 is 19.1 Å². The summed E-state index contributed by atoms with van der Waals surface area (Å²) in [5, 5.41) is 0. The second-order valence-electron chi connectivity index (χ2n) is 3.79. The summed E-state index contributed by atoms with van der Waals surface area (Å²) in [5.41, 5.74) is 0.818. The van der Waals surface area contributed by atoms with Crippen LogP contribution in [0, 0.1) is 0 Å². The van der Waals surface area contributed by atoms with Crippen LogP contribution in [0.25, 0.3) is 0 Å². The lowest BCUT2D eigenvalue weighted by atomic mass is 10.2. The molecular formula is C15H11NO4. The number of nitrogens with zero attached hydrogens (tertiary/aromatic N) is 1. The summed E-state index contributed by atoms with van der Waals surface area (Å²) in [5.74, 6) is 0.537. The van der Waals surface area contributed by atoms with E-state index in [1.54, 1.807) is 48.5 Å². The lowest BCUT2D eigenvalue weighted by Crippen LogP contribution is -2.00. The molecule has 0 aromatic heterocycles. The summed E-state index contributed by atoms with van der Waals surface area (Å²) in [4.78, 5) is 25.2. The minimum Gasteiger partial charge on any atom is -0.465 e. The number of hydrogen-bond donors (Lipinski definition) is 0. The smallest absolute Gasteiger partial charge is 0.337 e. The van der Waals surface area contributed by atoms with E-state index in [1.807, 2.05) is 0 Å². The third kappa shape index (κ3) is 3.10. The molecule has 0 bridgehead atoms. The summed E-state index contributed by atoms with van der Waals surface area (Å²) < 4.78 is 10.2. The minimum absolute atomic E-state index is 0.388. The Morgan fingerprint density at radius 3 is 2.45 bits per heavy atom. The molecule has 2 rings (SSSR count). The first-order valence-electron chi connectivity index (χ1n) is 5.77. The highest BCUT2D eigenvalue weighted by molar-refractivity contribution is 5.89. The molecule has 5 nitrogen and oxygen atoms in total. The zero-order chi connectivity index (χ0) is 14.4. The van der Waals surface area contributed by atoms with E-state index in [4.69, 9.17) is 4.74 Å². The number of isocyanates is 1. The molecule has 0 saturated heterocycles. The van der Waals surface area contributed by atoms with Gasteiger partial charge in [-0.15, -0.1) is 0 Å². The molecule has 0 aliphatic carbocycles. The topological polar surface area (TPSA) is 65.0 Å². The zero-order valence-corrected chi connectivity index (χ0v) is 10.7. The van der Waals surface area contributed by atoms with E-state index in [9.17, 15) is 9.59 Å². The summed E-state index contributed by atoms with van der Waals surface area (Å²) in [6, 6.07) is 13.3. The maximum absolute atomic E-state index is 11.3. The normalized spacial score (nSPS) is 9.45. The van der Waals surface area contributed by atoms with Gasteiger partial charge in [0, 0.05) is 0 Å². The molecule has 2 aromatic carbocycles. The fourth-order valence-corrected chi connectivity index (χ4v) is 1.59. The lowest BCUT2D eigenvalue weighted by Gasteiger charge is -2.07. The highest BCUT2D eigenvalue weighted by atomic mass is 16.5. The van der Waals surface area contributed by atoms with Crippen LogP contribution in [0.15, 0.2) is 53.5 Å². The monoisotopic (exact) mass is 269 g/mol. The van der Waals surface area contributed by atoms with Gasteiger partial charge in [0.1, 0.15) is 11.4 Å². The third-order valence-corrected chi connectivity index (χ3v) is 2.53. The molecule has 0 spiro atoms. The molecule has 0 unspecified atom stereocenters. The fourth-order valence-electron chi connectivity index (χ4n) is 1.59. The van der Waals surface area contributed by atoms with Gasteiger partial charge in [-0.1, -0.05) is 12.1 Å². The molecule has 0 radical (unpaired) electrons. The molecule has 0 N–H and O–H groups in total. The Balaban J connectivity index is 2.22. The number of benzene rings is 2. The van der Waals surface area contributed by atoms with Gasteiger partial charge >= 0.3 is 5.97 Å². The third-order valence-electron chi connectivity index (χ3n) is 2.53. The first-order valence-corrected chi connectivity index (χ1v) is 5.77. The molecule has 0 amide bonds. The van der Waals surface area contributed by atoms with Crippen molar-refractivity contribution in [2.75, 3.05) is 7.11 Å². The van der Waals surface area contributed by atoms with Gasteiger partial charge in [0.05, 0.1) is 12.7 Å². The van der Waals surface area contributed by atoms with Gasteiger partial charge in [0.2, 0.25) is 6.08 Å². The maximum atomic E-state index is 11.3. The van der Waals surface area contributed by atoms with E-state index in [-0.39, 0.29) is 0 Å². The average molecular weight is 269 g/mol. The number of carbonyl (C=O) groups excluding carboxylic acids is 2. The molecule has 2 aromatic rings. The minimum atomic E-state index is -0.414. The summed E-state index contributed by atoms with van der Waals surface area (Å²) in [6.45, 7) is 0. The maximum Gasteiger partial charge on any atom is 0.337 e. The largest absolute Gasteiger partial charge is 0.465 e. The number of esters is 1. The van der Waals surface area contributed by atoms with Crippen molar-refractivity contribution in [3.63, 3.8) is 0 Å². The SMILES string of the molecule is COC(=O)c1ccc(Oc2ccccc2N=C=O)cc1. The Morgan fingerprint density at radius 2 is 1.80 bits per heavy atom. The number of rotatable bonds is 4. The van der Waals surface area contributed by atoms with Crippen molar-refractivity contribution in [3.05, 3.63) is 54.1 Å². The van der Waals surface area contributed by atoms with Gasteiger partial charge in [-0.3, -0.25) is 0 Å². The predicted molar refractivity (Wildman–Crippen MR) is 72.1 cm³/mol. The molecule has 100 valence electrons. The molecular weight excluding hydrogens is 258 g/mol. The van der Waals surface area contributed by atoms with Crippen LogP contribution in [0.2, 0.25) is 0 Å². The van der Waals surface area contributed by atoms with E-state index < -0.39 is 5.97 Å². The van der Waals surface area contributed by atoms with Crippen molar-refractivity contribution in [1.29, 1.82) is 0 Å². The van der Waals surface area contributed by atoms with Gasteiger partial charge in [-0.05, 0) is 36.4 Å². The standard InChI is InChI=1S/C15H11NO4/c1-19-15(18)11-6-8-12(9-7-11)20-14-5-3-2-4-13(14)16-10-17/h2-9H,1H3. The van der Waals surface area contributed by atoms with Crippen molar-refractivity contribution >= 4 is 17.7 Å². The van der Waals surface area contributed by atoms with E-state index in [1.165, 1.54) is 13.2 Å². The first kappa shape index (κ1) is 13.5. The number of aliphatic imine (C=N–C) groups is 1. The lowest BCUT2D eigenvalue weighted by molar-refractivity contribution is 0.0600. The van der Waals surface area contributed by atoms with Crippen LogP contribution in [0.1, 0.15) is 10.4 Å². The van der Waals surface area contributed by atoms with E-state index in [2.05, 4.69) is 9.73 Å². The van der Waals surface area contributed by atoms with E-state index in [0.717, 1.165) is 0 Å². The van der Waals surface area contributed by atoms with Crippen LogP contribution in [0.4, 0.5) is 5.69 Å². The van der Waals surface area contributed by atoms with Crippen LogP contribution in [0.3, 0.4) is 0 Å². The Labute approximate surface area is 115 Å². The molecule has 0 fully saturated rings. The number of ether oxygens (including phenoxy) is 2. The summed E-state index contributed by atoms with van der Waals surface area (Å²) in [6.07, 6.45) is 1.48. The van der Waals surface area contributed by atoms with Crippen LogP contribution in [0.5, 0.6) is 11.5 Å². The Bertz CT molecular complexity index is 658. The Hall–Kier alpha value is -2.91. The first-order chi connectivity index (χ1) is 9.74. The van der Waals surface area contributed by atoms with Gasteiger partial charge in [-0.2, -0.15) is 4.99 Å². The Kier molecular flexibility index (Phi) is 4.27.